The van der Waals surface area contributed by atoms with Crippen molar-refractivity contribution in [1.29, 1.82) is 0 Å². The monoisotopic (exact) mass is 432 g/mol. The van der Waals surface area contributed by atoms with Gasteiger partial charge in [-0.1, -0.05) is 6.42 Å². The molecule has 2 saturated heterocycles. The van der Waals surface area contributed by atoms with Gasteiger partial charge in [-0.15, -0.1) is 5.10 Å². The highest BCUT2D eigenvalue weighted by atomic mass is 16.5. The Balaban J connectivity index is 1.33. The van der Waals surface area contributed by atoms with Gasteiger partial charge >= 0.3 is 0 Å². The van der Waals surface area contributed by atoms with E-state index in [1.807, 2.05) is 4.68 Å². The molecule has 3 fully saturated rings. The Morgan fingerprint density at radius 2 is 1.94 bits per heavy atom. The molecule has 1 aliphatic carbocycles. The molecular formula is C23H40N6O2. The standard InChI is InChI=1S/C23H40N6O2/c1-31-15-5-14-28(17-21-6-4-13-27-12-3-2-7-22(21)27)23(30)20-10-8-19(9-11-20)16-29-18-24-25-26-29/h18-22H,2-17H2,1H3. The van der Waals surface area contributed by atoms with Crippen LogP contribution in [-0.2, 0) is 16.1 Å². The van der Waals surface area contributed by atoms with Gasteiger partial charge in [0.05, 0.1) is 0 Å². The topological polar surface area (TPSA) is 76.4 Å². The lowest BCUT2D eigenvalue weighted by Gasteiger charge is -2.46. The zero-order valence-electron chi connectivity index (χ0n) is 19.2. The summed E-state index contributed by atoms with van der Waals surface area (Å²) < 4.78 is 7.11. The fraction of sp³-hybridized carbons (Fsp3) is 0.913. The first-order chi connectivity index (χ1) is 15.2. The predicted molar refractivity (Wildman–Crippen MR) is 118 cm³/mol. The maximum Gasteiger partial charge on any atom is 0.225 e. The first kappa shape index (κ1) is 22.6. The summed E-state index contributed by atoms with van der Waals surface area (Å²) in [6.45, 7) is 5.87. The van der Waals surface area contributed by atoms with Crippen molar-refractivity contribution in [2.24, 2.45) is 17.8 Å². The lowest BCUT2D eigenvalue weighted by Crippen LogP contribution is -2.52. The second-order valence-corrected chi connectivity index (χ2v) is 9.88. The van der Waals surface area contributed by atoms with E-state index in [9.17, 15) is 4.79 Å². The summed E-state index contributed by atoms with van der Waals surface area (Å²) >= 11 is 0. The predicted octanol–water partition coefficient (Wildman–Crippen LogP) is 2.61. The van der Waals surface area contributed by atoms with E-state index in [2.05, 4.69) is 25.3 Å². The number of methoxy groups -OCH3 is 1. The fourth-order valence-electron chi connectivity index (χ4n) is 6.14. The van der Waals surface area contributed by atoms with Crippen molar-refractivity contribution in [2.75, 3.05) is 39.9 Å². The van der Waals surface area contributed by atoms with E-state index in [4.69, 9.17) is 4.74 Å². The average Bonchev–Trinajstić information content (AvgIpc) is 3.32. The smallest absolute Gasteiger partial charge is 0.225 e. The number of tetrazole rings is 1. The molecular weight excluding hydrogens is 392 g/mol. The first-order valence-electron chi connectivity index (χ1n) is 12.5. The Morgan fingerprint density at radius 1 is 1.10 bits per heavy atom. The van der Waals surface area contributed by atoms with Gasteiger partial charge in [-0.2, -0.15) is 0 Å². The molecule has 1 saturated carbocycles. The number of fused-ring (bicyclic) bond motifs is 1. The van der Waals surface area contributed by atoms with Crippen LogP contribution in [0.3, 0.4) is 0 Å². The zero-order chi connectivity index (χ0) is 21.5. The SMILES string of the molecule is COCCCN(CC1CCCN2CCCCC12)C(=O)C1CCC(Cn2cnnn2)CC1. The third-order valence-corrected chi connectivity index (χ3v) is 7.80. The molecule has 2 atom stereocenters. The summed E-state index contributed by atoms with van der Waals surface area (Å²) in [6, 6.07) is 0.687. The van der Waals surface area contributed by atoms with E-state index in [-0.39, 0.29) is 5.92 Å². The van der Waals surface area contributed by atoms with Gasteiger partial charge in [0.15, 0.2) is 0 Å². The molecule has 8 heteroatoms. The van der Waals surface area contributed by atoms with Crippen molar-refractivity contribution < 1.29 is 9.53 Å². The van der Waals surface area contributed by atoms with Crippen LogP contribution in [-0.4, -0.2) is 81.9 Å². The Bertz CT molecular complexity index is 659. The van der Waals surface area contributed by atoms with Gasteiger partial charge in [0.1, 0.15) is 6.33 Å². The van der Waals surface area contributed by atoms with Gasteiger partial charge in [0, 0.05) is 45.3 Å². The normalized spacial score (nSPS) is 29.5. The van der Waals surface area contributed by atoms with E-state index in [0.717, 1.165) is 58.3 Å². The highest BCUT2D eigenvalue weighted by Gasteiger charge is 2.36. The quantitative estimate of drug-likeness (QED) is 0.558. The van der Waals surface area contributed by atoms with E-state index < -0.39 is 0 Å². The van der Waals surface area contributed by atoms with Crippen LogP contribution in [0.25, 0.3) is 0 Å². The van der Waals surface area contributed by atoms with Crippen molar-refractivity contribution in [1.82, 2.24) is 30.0 Å². The molecule has 0 N–H and O–H groups in total. The molecule has 8 nitrogen and oxygen atoms in total. The minimum absolute atomic E-state index is 0.179. The van der Waals surface area contributed by atoms with Crippen LogP contribution in [0.5, 0.6) is 0 Å². The summed E-state index contributed by atoms with van der Waals surface area (Å²) in [5, 5.41) is 11.5. The van der Waals surface area contributed by atoms with Crippen molar-refractivity contribution in [3.8, 4) is 0 Å². The number of amides is 1. The molecule has 2 aliphatic heterocycles. The molecule has 174 valence electrons. The second-order valence-electron chi connectivity index (χ2n) is 9.88. The van der Waals surface area contributed by atoms with Crippen molar-refractivity contribution >= 4 is 5.91 Å². The number of hydrogen-bond donors (Lipinski definition) is 0. The molecule has 0 aromatic carbocycles. The largest absolute Gasteiger partial charge is 0.385 e. The number of nitrogens with zero attached hydrogens (tertiary/aromatic N) is 6. The number of carbonyl (C=O) groups is 1. The minimum atomic E-state index is 0.179. The van der Waals surface area contributed by atoms with E-state index in [1.54, 1.807) is 13.4 Å². The third-order valence-electron chi connectivity index (χ3n) is 7.80. The van der Waals surface area contributed by atoms with Crippen LogP contribution in [0.2, 0.25) is 0 Å². The van der Waals surface area contributed by atoms with E-state index in [1.165, 1.54) is 45.2 Å². The van der Waals surface area contributed by atoms with Gasteiger partial charge in [-0.25, -0.2) is 4.68 Å². The summed E-state index contributed by atoms with van der Waals surface area (Å²) in [4.78, 5) is 18.5. The van der Waals surface area contributed by atoms with Crippen LogP contribution in [0, 0.1) is 17.8 Å². The summed E-state index contributed by atoms with van der Waals surface area (Å²) in [6.07, 6.45) is 13.3. The molecule has 0 bridgehead atoms. The highest BCUT2D eigenvalue weighted by Crippen LogP contribution is 2.34. The molecule has 4 rings (SSSR count). The highest BCUT2D eigenvalue weighted by molar-refractivity contribution is 5.79. The van der Waals surface area contributed by atoms with Crippen LogP contribution in [0.15, 0.2) is 6.33 Å². The molecule has 0 radical (unpaired) electrons. The van der Waals surface area contributed by atoms with Gasteiger partial charge in [-0.3, -0.25) is 4.79 Å². The number of carbonyl (C=O) groups excluding carboxylic acids is 1. The Labute approximate surface area is 186 Å². The maximum atomic E-state index is 13.6. The summed E-state index contributed by atoms with van der Waals surface area (Å²) in [7, 11) is 1.75. The van der Waals surface area contributed by atoms with E-state index >= 15 is 0 Å². The maximum absolute atomic E-state index is 13.6. The van der Waals surface area contributed by atoms with Gasteiger partial charge < -0.3 is 14.5 Å². The Kier molecular flexibility index (Phi) is 8.30. The van der Waals surface area contributed by atoms with Crippen molar-refractivity contribution in [3.63, 3.8) is 0 Å². The molecule has 0 spiro atoms. The second kappa shape index (κ2) is 11.4. The van der Waals surface area contributed by atoms with Crippen LogP contribution in [0.1, 0.15) is 64.2 Å². The van der Waals surface area contributed by atoms with Gasteiger partial charge in [0.2, 0.25) is 5.91 Å². The lowest BCUT2D eigenvalue weighted by molar-refractivity contribution is -0.138. The molecule has 1 amide bonds. The first-order valence-corrected chi connectivity index (χ1v) is 12.5. The van der Waals surface area contributed by atoms with Crippen molar-refractivity contribution in [2.45, 2.75) is 76.8 Å². The zero-order valence-corrected chi connectivity index (χ0v) is 19.2. The van der Waals surface area contributed by atoms with Crippen LogP contribution >= 0.6 is 0 Å². The number of ether oxygens (including phenoxy) is 1. The molecule has 2 unspecified atom stereocenters. The fourth-order valence-corrected chi connectivity index (χ4v) is 6.14. The van der Waals surface area contributed by atoms with E-state index in [0.29, 0.717) is 23.8 Å². The number of piperidine rings is 2. The van der Waals surface area contributed by atoms with Gasteiger partial charge in [-0.05, 0) is 93.1 Å². The Morgan fingerprint density at radius 3 is 2.71 bits per heavy atom. The molecule has 31 heavy (non-hydrogen) atoms. The third kappa shape index (κ3) is 6.04. The van der Waals surface area contributed by atoms with Crippen LogP contribution in [0.4, 0.5) is 0 Å². The lowest BCUT2D eigenvalue weighted by atomic mass is 9.80. The molecule has 1 aromatic rings. The number of aromatic nitrogens is 4. The molecule has 3 aliphatic rings. The number of hydrogen-bond acceptors (Lipinski definition) is 6. The average molecular weight is 433 g/mol. The molecule has 1 aromatic heterocycles. The number of rotatable bonds is 9. The van der Waals surface area contributed by atoms with Crippen molar-refractivity contribution in [3.05, 3.63) is 6.33 Å². The Hall–Kier alpha value is -1.54. The molecule has 3 heterocycles. The summed E-state index contributed by atoms with van der Waals surface area (Å²) in [5.41, 5.74) is 0. The van der Waals surface area contributed by atoms with Gasteiger partial charge in [0.25, 0.3) is 0 Å². The summed E-state index contributed by atoms with van der Waals surface area (Å²) in [5.74, 6) is 1.78. The van der Waals surface area contributed by atoms with Crippen LogP contribution < -0.4 is 0 Å². The minimum Gasteiger partial charge on any atom is -0.385 e.